The second-order valence-corrected chi connectivity index (χ2v) is 5.65. The number of benzene rings is 1. The molecule has 0 spiro atoms. The van der Waals surface area contributed by atoms with Crippen LogP contribution in [-0.2, 0) is 6.42 Å². The zero-order chi connectivity index (χ0) is 14.4. The normalized spacial score (nSPS) is 12.3. The van der Waals surface area contributed by atoms with Gasteiger partial charge in [0.1, 0.15) is 5.82 Å². The van der Waals surface area contributed by atoms with Gasteiger partial charge in [-0.2, -0.15) is 0 Å². The average molecular weight is 337 g/mol. The highest BCUT2D eigenvalue weighted by atomic mass is 79.9. The first-order valence-electron chi connectivity index (χ1n) is 6.78. The molecule has 1 aromatic carbocycles. The molecule has 1 unspecified atom stereocenters. The van der Waals surface area contributed by atoms with Gasteiger partial charge in [-0.3, -0.25) is 4.98 Å². The van der Waals surface area contributed by atoms with E-state index in [-0.39, 0.29) is 11.9 Å². The van der Waals surface area contributed by atoms with E-state index in [9.17, 15) is 4.39 Å². The maximum Gasteiger partial charge on any atom is 0.123 e. The summed E-state index contributed by atoms with van der Waals surface area (Å²) < 4.78 is 14.0. The summed E-state index contributed by atoms with van der Waals surface area (Å²) in [7, 11) is 0. The smallest absolute Gasteiger partial charge is 0.123 e. The Morgan fingerprint density at radius 1 is 1.20 bits per heavy atom. The van der Waals surface area contributed by atoms with Crippen molar-refractivity contribution in [2.75, 3.05) is 6.54 Å². The minimum atomic E-state index is -0.204. The Morgan fingerprint density at radius 3 is 2.55 bits per heavy atom. The van der Waals surface area contributed by atoms with Crippen LogP contribution in [0.25, 0.3) is 0 Å². The lowest BCUT2D eigenvalue weighted by atomic mass is 10.0. The van der Waals surface area contributed by atoms with E-state index in [4.69, 9.17) is 0 Å². The number of hydrogen-bond donors (Lipinski definition) is 1. The molecule has 2 rings (SSSR count). The minimum Gasteiger partial charge on any atom is -0.310 e. The van der Waals surface area contributed by atoms with E-state index in [0.29, 0.717) is 0 Å². The average Bonchev–Trinajstić information content (AvgIpc) is 2.46. The van der Waals surface area contributed by atoms with Crippen LogP contribution < -0.4 is 5.32 Å². The zero-order valence-electron chi connectivity index (χ0n) is 11.4. The summed E-state index contributed by atoms with van der Waals surface area (Å²) in [5.74, 6) is -0.204. The third kappa shape index (κ3) is 4.39. The van der Waals surface area contributed by atoms with Crippen LogP contribution in [0.1, 0.15) is 30.6 Å². The molecule has 1 heterocycles. The number of aromatic nitrogens is 1. The molecular formula is C16H18BrFN2. The van der Waals surface area contributed by atoms with Crippen LogP contribution in [-0.4, -0.2) is 11.5 Å². The van der Waals surface area contributed by atoms with Crippen molar-refractivity contribution in [3.8, 4) is 0 Å². The Kier molecular flexibility index (Phi) is 5.68. The molecule has 2 nitrogen and oxygen atoms in total. The molecule has 4 heteroatoms. The Hall–Kier alpha value is -1.26. The number of hydrogen-bond acceptors (Lipinski definition) is 2. The van der Waals surface area contributed by atoms with Gasteiger partial charge in [0.05, 0.1) is 0 Å². The van der Waals surface area contributed by atoms with Gasteiger partial charge in [0.15, 0.2) is 0 Å². The Labute approximate surface area is 127 Å². The van der Waals surface area contributed by atoms with Gasteiger partial charge in [0.25, 0.3) is 0 Å². The van der Waals surface area contributed by atoms with E-state index < -0.39 is 0 Å². The third-order valence-electron chi connectivity index (χ3n) is 3.12. The molecule has 20 heavy (non-hydrogen) atoms. The highest BCUT2D eigenvalue weighted by Gasteiger charge is 2.12. The second kappa shape index (κ2) is 7.50. The van der Waals surface area contributed by atoms with E-state index in [1.807, 2.05) is 24.3 Å². The summed E-state index contributed by atoms with van der Waals surface area (Å²) in [6.07, 6.45) is 3.65. The van der Waals surface area contributed by atoms with Gasteiger partial charge in [-0.25, -0.2) is 4.39 Å². The highest BCUT2D eigenvalue weighted by molar-refractivity contribution is 9.10. The van der Waals surface area contributed by atoms with Gasteiger partial charge >= 0.3 is 0 Å². The molecule has 1 atom stereocenters. The highest BCUT2D eigenvalue weighted by Crippen LogP contribution is 2.19. The van der Waals surface area contributed by atoms with Crippen molar-refractivity contribution in [2.24, 2.45) is 0 Å². The van der Waals surface area contributed by atoms with E-state index in [1.54, 1.807) is 6.20 Å². The summed E-state index contributed by atoms with van der Waals surface area (Å²) in [5, 5.41) is 3.49. The Morgan fingerprint density at radius 2 is 1.95 bits per heavy atom. The first-order chi connectivity index (χ1) is 9.69. The van der Waals surface area contributed by atoms with Crippen LogP contribution in [0.3, 0.4) is 0 Å². The fourth-order valence-electron chi connectivity index (χ4n) is 2.06. The number of nitrogens with zero attached hydrogens (tertiary/aromatic N) is 1. The van der Waals surface area contributed by atoms with Crippen LogP contribution >= 0.6 is 15.9 Å². The predicted molar refractivity (Wildman–Crippen MR) is 83.1 cm³/mol. The number of nitrogens with one attached hydrogen (secondary N) is 1. The molecule has 1 N–H and O–H groups in total. The van der Waals surface area contributed by atoms with Gasteiger partial charge in [-0.1, -0.05) is 19.1 Å². The fraction of sp³-hybridized carbons (Fsp3) is 0.312. The molecular weight excluding hydrogens is 319 g/mol. The number of rotatable bonds is 6. The van der Waals surface area contributed by atoms with Crippen molar-refractivity contribution in [1.29, 1.82) is 0 Å². The van der Waals surface area contributed by atoms with Gasteiger partial charge < -0.3 is 5.32 Å². The summed E-state index contributed by atoms with van der Waals surface area (Å²) in [6.45, 7) is 3.06. The lowest BCUT2D eigenvalue weighted by Crippen LogP contribution is -2.24. The Bertz CT molecular complexity index is 525. The van der Waals surface area contributed by atoms with Crippen molar-refractivity contribution in [1.82, 2.24) is 10.3 Å². The first-order valence-corrected chi connectivity index (χ1v) is 7.57. The summed E-state index contributed by atoms with van der Waals surface area (Å²) in [6, 6.07) is 10.8. The third-order valence-corrected chi connectivity index (χ3v) is 3.58. The van der Waals surface area contributed by atoms with E-state index in [1.165, 1.54) is 12.1 Å². The zero-order valence-corrected chi connectivity index (χ0v) is 13.0. The van der Waals surface area contributed by atoms with Crippen LogP contribution in [0.2, 0.25) is 0 Å². The molecule has 0 fully saturated rings. The molecule has 0 amide bonds. The van der Waals surface area contributed by atoms with Crippen LogP contribution in [0.5, 0.6) is 0 Å². The molecule has 0 radical (unpaired) electrons. The lowest BCUT2D eigenvalue weighted by Gasteiger charge is -2.18. The maximum absolute atomic E-state index is 13.0. The maximum atomic E-state index is 13.0. The standard InChI is InChI=1S/C16H18BrFN2/c1-2-9-19-16(12-3-6-14(18)7-4-12)10-15-8-5-13(17)11-20-15/h3-8,11,16,19H,2,9-10H2,1H3. The van der Waals surface area contributed by atoms with Crippen LogP contribution in [0.15, 0.2) is 47.1 Å². The fourth-order valence-corrected chi connectivity index (χ4v) is 2.29. The predicted octanol–water partition coefficient (Wildman–Crippen LogP) is 4.27. The van der Waals surface area contributed by atoms with Gasteiger partial charge in [-0.05, 0) is 58.7 Å². The van der Waals surface area contributed by atoms with E-state index in [0.717, 1.165) is 35.1 Å². The quantitative estimate of drug-likeness (QED) is 0.852. The molecule has 0 aliphatic carbocycles. The summed E-state index contributed by atoms with van der Waals surface area (Å²) in [5.41, 5.74) is 2.11. The number of pyridine rings is 1. The largest absolute Gasteiger partial charge is 0.310 e. The molecule has 0 aliphatic heterocycles. The van der Waals surface area contributed by atoms with Crippen LogP contribution in [0.4, 0.5) is 4.39 Å². The van der Waals surface area contributed by atoms with Crippen molar-refractivity contribution in [3.63, 3.8) is 0 Å². The van der Waals surface area contributed by atoms with Crippen molar-refractivity contribution < 1.29 is 4.39 Å². The van der Waals surface area contributed by atoms with Crippen molar-refractivity contribution in [2.45, 2.75) is 25.8 Å². The first kappa shape index (κ1) is 15.1. The van der Waals surface area contributed by atoms with Gasteiger partial charge in [0.2, 0.25) is 0 Å². The Balaban J connectivity index is 2.14. The molecule has 2 aromatic rings. The number of halogens is 2. The molecule has 0 saturated heterocycles. The molecule has 0 saturated carbocycles. The monoisotopic (exact) mass is 336 g/mol. The SMILES string of the molecule is CCCNC(Cc1ccc(Br)cn1)c1ccc(F)cc1. The molecule has 106 valence electrons. The van der Waals surface area contributed by atoms with Gasteiger partial charge in [-0.15, -0.1) is 0 Å². The van der Waals surface area contributed by atoms with Crippen molar-refractivity contribution >= 4 is 15.9 Å². The summed E-state index contributed by atoms with van der Waals surface area (Å²) in [4.78, 5) is 4.41. The summed E-state index contributed by atoms with van der Waals surface area (Å²) >= 11 is 3.39. The van der Waals surface area contributed by atoms with Gasteiger partial charge in [0, 0.05) is 28.8 Å². The lowest BCUT2D eigenvalue weighted by molar-refractivity contribution is 0.523. The van der Waals surface area contributed by atoms with Crippen LogP contribution in [0, 0.1) is 5.82 Å². The molecule has 0 bridgehead atoms. The second-order valence-electron chi connectivity index (χ2n) is 4.73. The minimum absolute atomic E-state index is 0.157. The van der Waals surface area contributed by atoms with E-state index >= 15 is 0 Å². The topological polar surface area (TPSA) is 24.9 Å². The van der Waals surface area contributed by atoms with Crippen molar-refractivity contribution in [3.05, 3.63) is 64.1 Å². The van der Waals surface area contributed by atoms with E-state index in [2.05, 4.69) is 33.2 Å². The molecule has 0 aliphatic rings. The molecule has 1 aromatic heterocycles.